The number of ether oxygens (including phenoxy) is 2. The molecule has 2 aromatic rings. The third-order valence-electron chi connectivity index (χ3n) is 5.20. The molecule has 4 rings (SSSR count). The molecule has 0 radical (unpaired) electrons. The number of aryl methyl sites for hydroxylation is 1. The first-order valence-corrected chi connectivity index (χ1v) is 10.8. The molecule has 150 valence electrons. The van der Waals surface area contributed by atoms with E-state index in [-0.39, 0.29) is 18.0 Å². The Balaban J connectivity index is 1.69. The number of anilines is 1. The van der Waals surface area contributed by atoms with Crippen molar-refractivity contribution in [2.24, 2.45) is 0 Å². The van der Waals surface area contributed by atoms with Crippen LogP contribution in [0.5, 0.6) is 0 Å². The van der Waals surface area contributed by atoms with Crippen molar-refractivity contribution < 1.29 is 14.3 Å². The van der Waals surface area contributed by atoms with Gasteiger partial charge in [0.2, 0.25) is 0 Å². The van der Waals surface area contributed by atoms with Crippen LogP contribution in [0.3, 0.4) is 0 Å². The summed E-state index contributed by atoms with van der Waals surface area (Å²) in [5.41, 5.74) is 3.80. The quantitative estimate of drug-likeness (QED) is 0.734. The molecule has 28 heavy (non-hydrogen) atoms. The van der Waals surface area contributed by atoms with Crippen molar-refractivity contribution in [2.45, 2.75) is 52.2 Å². The van der Waals surface area contributed by atoms with E-state index in [9.17, 15) is 4.79 Å². The van der Waals surface area contributed by atoms with Crippen molar-refractivity contribution in [2.75, 3.05) is 31.2 Å². The number of pyridine rings is 1. The molecule has 0 saturated carbocycles. The van der Waals surface area contributed by atoms with Crippen LogP contribution in [0.25, 0.3) is 0 Å². The van der Waals surface area contributed by atoms with Crippen LogP contribution in [0.4, 0.5) is 5.82 Å². The Bertz CT molecular complexity index is 857. The van der Waals surface area contributed by atoms with Crippen molar-refractivity contribution in [3.63, 3.8) is 0 Å². The van der Waals surface area contributed by atoms with Gasteiger partial charge in [-0.15, -0.1) is 11.3 Å². The lowest BCUT2D eigenvalue weighted by molar-refractivity contribution is -0.00547. The van der Waals surface area contributed by atoms with Crippen LogP contribution in [0.15, 0.2) is 11.4 Å². The summed E-state index contributed by atoms with van der Waals surface area (Å²) >= 11 is 1.55. The molecule has 0 N–H and O–H groups in total. The van der Waals surface area contributed by atoms with Gasteiger partial charge in [-0.2, -0.15) is 0 Å². The second-order valence-corrected chi connectivity index (χ2v) is 8.65. The van der Waals surface area contributed by atoms with Gasteiger partial charge in [-0.1, -0.05) is 0 Å². The number of Topliss-reactive ketones (excluding diaryl/α,β-unsaturated/α-hetero) is 1. The van der Waals surface area contributed by atoms with Gasteiger partial charge in [0.05, 0.1) is 31.8 Å². The Morgan fingerprint density at radius 1 is 1.21 bits per heavy atom. The Labute approximate surface area is 169 Å². The fourth-order valence-electron chi connectivity index (χ4n) is 4.03. The molecule has 0 spiro atoms. The van der Waals surface area contributed by atoms with E-state index in [4.69, 9.17) is 14.5 Å². The third kappa shape index (κ3) is 4.26. The summed E-state index contributed by atoms with van der Waals surface area (Å²) in [5, 5.41) is 2.86. The Morgan fingerprint density at radius 3 is 2.68 bits per heavy atom. The van der Waals surface area contributed by atoms with Crippen molar-refractivity contribution in [3.05, 3.63) is 39.0 Å². The molecule has 0 bridgehead atoms. The van der Waals surface area contributed by atoms with Crippen molar-refractivity contribution in [1.29, 1.82) is 0 Å². The predicted molar refractivity (Wildman–Crippen MR) is 110 cm³/mol. The zero-order valence-corrected chi connectivity index (χ0v) is 17.6. The van der Waals surface area contributed by atoms with E-state index in [0.717, 1.165) is 59.3 Å². The second-order valence-electron chi connectivity index (χ2n) is 7.71. The summed E-state index contributed by atoms with van der Waals surface area (Å²) in [7, 11) is 0. The monoisotopic (exact) mass is 401 g/mol. The average Bonchev–Trinajstić information content (AvgIpc) is 2.91. The van der Waals surface area contributed by atoms with E-state index in [0.29, 0.717) is 19.6 Å². The number of morpholine rings is 1. The smallest absolute Gasteiger partial charge is 0.170 e. The van der Waals surface area contributed by atoms with E-state index >= 15 is 0 Å². The molecule has 0 amide bonds. The number of rotatable bonds is 4. The normalized spacial score (nSPS) is 22.6. The Hall–Kier alpha value is -1.83. The molecule has 0 unspecified atom stereocenters. The van der Waals surface area contributed by atoms with Crippen LogP contribution in [0, 0.1) is 6.92 Å². The van der Waals surface area contributed by atoms with Gasteiger partial charge in [-0.05, 0) is 38.8 Å². The maximum Gasteiger partial charge on any atom is 0.170 e. The minimum Gasteiger partial charge on any atom is -0.381 e. The van der Waals surface area contributed by atoms with E-state index in [2.05, 4.69) is 23.7 Å². The molecule has 0 aromatic carbocycles. The lowest BCUT2D eigenvalue weighted by Crippen LogP contribution is -2.46. The molecule has 6 nitrogen and oxygen atoms in total. The van der Waals surface area contributed by atoms with E-state index in [1.165, 1.54) is 0 Å². The summed E-state index contributed by atoms with van der Waals surface area (Å²) in [6.07, 6.45) is 2.10. The van der Waals surface area contributed by atoms with E-state index in [1.807, 2.05) is 18.4 Å². The number of thiazole rings is 1. The van der Waals surface area contributed by atoms with Crippen LogP contribution in [-0.2, 0) is 28.7 Å². The molecule has 2 aliphatic rings. The molecule has 0 aliphatic carbocycles. The SMILES string of the molecule is Cc1csc(CC(=O)c2cc(N3C[C@@H](C)O[C@@H](C)C3)nc3c2CCOCC3)n1. The lowest BCUT2D eigenvalue weighted by atomic mass is 9.97. The maximum atomic E-state index is 13.2. The summed E-state index contributed by atoms with van der Waals surface area (Å²) in [6.45, 7) is 8.97. The topological polar surface area (TPSA) is 64.6 Å². The van der Waals surface area contributed by atoms with Gasteiger partial charge < -0.3 is 14.4 Å². The van der Waals surface area contributed by atoms with Gasteiger partial charge in [0.15, 0.2) is 5.78 Å². The lowest BCUT2D eigenvalue weighted by Gasteiger charge is -2.36. The first-order chi connectivity index (χ1) is 13.5. The van der Waals surface area contributed by atoms with Gasteiger partial charge in [-0.3, -0.25) is 4.79 Å². The number of nitrogens with zero attached hydrogens (tertiary/aromatic N) is 3. The van der Waals surface area contributed by atoms with Gasteiger partial charge in [0, 0.05) is 41.8 Å². The molecule has 2 atom stereocenters. The number of carbonyl (C=O) groups excluding carboxylic acids is 1. The zero-order valence-electron chi connectivity index (χ0n) is 16.7. The first kappa shape index (κ1) is 19.5. The van der Waals surface area contributed by atoms with Crippen molar-refractivity contribution in [1.82, 2.24) is 9.97 Å². The van der Waals surface area contributed by atoms with Crippen LogP contribution in [-0.4, -0.2) is 54.3 Å². The summed E-state index contributed by atoms with van der Waals surface area (Å²) in [4.78, 5) is 24.9. The molecular formula is C21H27N3O3S. The van der Waals surface area contributed by atoms with Crippen molar-refractivity contribution >= 4 is 22.9 Å². The standard InChI is InChI=1S/C21H27N3O3S/c1-13-12-28-21(22-13)9-19(25)17-8-20(24-10-14(2)27-15(3)11-24)23-18-5-7-26-6-4-16(17)18/h8,12,14-15H,4-7,9-11H2,1-3H3/t14-,15+. The fourth-order valence-corrected chi connectivity index (χ4v) is 4.80. The molecule has 1 fully saturated rings. The van der Waals surface area contributed by atoms with Crippen LogP contribution in [0.1, 0.15) is 46.2 Å². The zero-order chi connectivity index (χ0) is 19.7. The Kier molecular flexibility index (Phi) is 5.75. The highest BCUT2D eigenvalue weighted by molar-refractivity contribution is 7.09. The van der Waals surface area contributed by atoms with Crippen LogP contribution >= 0.6 is 11.3 Å². The number of ketones is 1. The third-order valence-corrected chi connectivity index (χ3v) is 6.17. The highest BCUT2D eigenvalue weighted by atomic mass is 32.1. The van der Waals surface area contributed by atoms with Gasteiger partial charge in [0.25, 0.3) is 0 Å². The molecule has 2 aromatic heterocycles. The highest BCUT2D eigenvalue weighted by Crippen LogP contribution is 2.27. The summed E-state index contributed by atoms with van der Waals surface area (Å²) in [6, 6.07) is 1.98. The molecule has 4 heterocycles. The van der Waals surface area contributed by atoms with E-state index < -0.39 is 0 Å². The number of hydrogen-bond donors (Lipinski definition) is 0. The number of hydrogen-bond acceptors (Lipinski definition) is 7. The predicted octanol–water partition coefficient (Wildman–Crippen LogP) is 3.00. The maximum absolute atomic E-state index is 13.2. The largest absolute Gasteiger partial charge is 0.381 e. The number of carbonyl (C=O) groups is 1. The second kappa shape index (κ2) is 8.27. The summed E-state index contributed by atoms with van der Waals surface area (Å²) < 4.78 is 11.5. The minimum atomic E-state index is 0.116. The van der Waals surface area contributed by atoms with Gasteiger partial charge in [0.1, 0.15) is 10.8 Å². The molecule has 7 heteroatoms. The van der Waals surface area contributed by atoms with Crippen molar-refractivity contribution in [3.8, 4) is 0 Å². The molecule has 1 saturated heterocycles. The minimum absolute atomic E-state index is 0.116. The van der Waals surface area contributed by atoms with Gasteiger partial charge >= 0.3 is 0 Å². The first-order valence-electron chi connectivity index (χ1n) is 9.94. The van der Waals surface area contributed by atoms with Crippen LogP contribution < -0.4 is 4.90 Å². The highest BCUT2D eigenvalue weighted by Gasteiger charge is 2.27. The number of aromatic nitrogens is 2. The van der Waals surface area contributed by atoms with Crippen LogP contribution in [0.2, 0.25) is 0 Å². The fraction of sp³-hybridized carbons (Fsp3) is 0.571. The van der Waals surface area contributed by atoms with Gasteiger partial charge in [-0.25, -0.2) is 9.97 Å². The number of fused-ring (bicyclic) bond motifs is 1. The molecular weight excluding hydrogens is 374 g/mol. The Morgan fingerprint density at radius 2 is 1.96 bits per heavy atom. The summed E-state index contributed by atoms with van der Waals surface area (Å²) in [5.74, 6) is 0.992. The molecule has 2 aliphatic heterocycles. The van der Waals surface area contributed by atoms with E-state index in [1.54, 1.807) is 11.3 Å². The average molecular weight is 402 g/mol.